The highest BCUT2D eigenvalue weighted by molar-refractivity contribution is 7.78. The lowest BCUT2D eigenvalue weighted by Crippen LogP contribution is -1.99. The van der Waals surface area contributed by atoms with Gasteiger partial charge < -0.3 is 4.74 Å². The van der Waals surface area contributed by atoms with Crippen LogP contribution >= 0.6 is 23.8 Å². The highest BCUT2D eigenvalue weighted by Gasteiger charge is 2.02. The van der Waals surface area contributed by atoms with Crippen LogP contribution in [0.3, 0.4) is 0 Å². The molecule has 0 atom stereocenters. The SMILES string of the molecule is Fc1ccc(OCCCN=C=S)c(Cl)c1. The average Bonchev–Trinajstić information content (AvgIpc) is 2.20. The Bertz CT molecular complexity index is 380. The molecule has 0 spiro atoms. The fourth-order valence-electron chi connectivity index (χ4n) is 0.964. The molecule has 0 aliphatic heterocycles. The summed E-state index contributed by atoms with van der Waals surface area (Å²) in [6.45, 7) is 1.04. The van der Waals surface area contributed by atoms with Crippen LogP contribution in [0.15, 0.2) is 23.2 Å². The fraction of sp³-hybridized carbons (Fsp3) is 0.300. The Morgan fingerprint density at radius 3 is 3.00 bits per heavy atom. The zero-order valence-corrected chi connectivity index (χ0v) is 9.45. The zero-order valence-electron chi connectivity index (χ0n) is 7.87. The summed E-state index contributed by atoms with van der Waals surface area (Å²) in [6.07, 6.45) is 0.720. The molecule has 1 aromatic rings. The maximum atomic E-state index is 12.7. The Labute approximate surface area is 97.7 Å². The Kier molecular flexibility index (Phi) is 5.26. The van der Waals surface area contributed by atoms with Gasteiger partial charge in [0.25, 0.3) is 0 Å². The van der Waals surface area contributed by atoms with Crippen molar-refractivity contribution in [3.05, 3.63) is 29.0 Å². The summed E-state index contributed by atoms with van der Waals surface area (Å²) in [5.74, 6) is 0.0991. The van der Waals surface area contributed by atoms with Gasteiger partial charge in [-0.15, -0.1) is 0 Å². The second-order valence-electron chi connectivity index (χ2n) is 2.75. The number of hydrogen-bond acceptors (Lipinski definition) is 3. The molecular weight excluding hydrogens is 237 g/mol. The van der Waals surface area contributed by atoms with Gasteiger partial charge >= 0.3 is 0 Å². The predicted octanol–water partition coefficient (Wildman–Crippen LogP) is 3.35. The molecule has 0 amide bonds. The van der Waals surface area contributed by atoms with Gasteiger partial charge in [0.05, 0.1) is 23.3 Å². The van der Waals surface area contributed by atoms with Gasteiger partial charge in [-0.2, -0.15) is 0 Å². The van der Waals surface area contributed by atoms with Gasteiger partial charge in [-0.1, -0.05) is 11.6 Å². The van der Waals surface area contributed by atoms with E-state index in [-0.39, 0.29) is 10.8 Å². The number of benzene rings is 1. The molecule has 0 saturated heterocycles. The molecule has 15 heavy (non-hydrogen) atoms. The van der Waals surface area contributed by atoms with Crippen molar-refractivity contribution in [2.24, 2.45) is 4.99 Å². The van der Waals surface area contributed by atoms with E-state index in [1.165, 1.54) is 18.2 Å². The highest BCUT2D eigenvalue weighted by Crippen LogP contribution is 2.24. The topological polar surface area (TPSA) is 21.6 Å². The molecule has 0 heterocycles. The molecule has 0 unspecified atom stereocenters. The van der Waals surface area contributed by atoms with Gasteiger partial charge in [-0.05, 0) is 30.4 Å². The minimum Gasteiger partial charge on any atom is -0.492 e. The van der Waals surface area contributed by atoms with Crippen LogP contribution in [-0.2, 0) is 0 Å². The number of halogens is 2. The van der Waals surface area contributed by atoms with Crippen molar-refractivity contribution in [2.45, 2.75) is 6.42 Å². The molecule has 0 saturated carbocycles. The van der Waals surface area contributed by atoms with E-state index in [1.54, 1.807) is 0 Å². The van der Waals surface area contributed by atoms with E-state index in [9.17, 15) is 4.39 Å². The standard InChI is InChI=1S/C10H9ClFNOS/c11-9-6-8(12)2-3-10(9)14-5-1-4-13-7-15/h2-3,6H,1,4-5H2. The summed E-state index contributed by atoms with van der Waals surface area (Å²) < 4.78 is 18.0. The summed E-state index contributed by atoms with van der Waals surface area (Å²) in [7, 11) is 0. The zero-order chi connectivity index (χ0) is 11.1. The maximum Gasteiger partial charge on any atom is 0.138 e. The molecule has 0 bridgehead atoms. The molecule has 0 fully saturated rings. The number of thiocarbonyl (C=S) groups is 1. The van der Waals surface area contributed by atoms with Crippen LogP contribution in [0, 0.1) is 5.82 Å². The molecule has 0 radical (unpaired) electrons. The Morgan fingerprint density at radius 1 is 1.53 bits per heavy atom. The minimum absolute atomic E-state index is 0.272. The minimum atomic E-state index is -0.377. The lowest BCUT2D eigenvalue weighted by Gasteiger charge is -2.06. The van der Waals surface area contributed by atoms with Gasteiger partial charge in [-0.3, -0.25) is 0 Å². The van der Waals surface area contributed by atoms with Crippen LogP contribution in [0.4, 0.5) is 4.39 Å². The second kappa shape index (κ2) is 6.51. The molecule has 0 aliphatic rings. The van der Waals surface area contributed by atoms with Crippen molar-refractivity contribution in [3.8, 4) is 5.75 Å². The van der Waals surface area contributed by atoms with Gasteiger partial charge in [0.2, 0.25) is 0 Å². The molecule has 5 heteroatoms. The van der Waals surface area contributed by atoms with E-state index in [0.717, 1.165) is 6.42 Å². The molecular formula is C10H9ClFNOS. The smallest absolute Gasteiger partial charge is 0.138 e. The quantitative estimate of drug-likeness (QED) is 0.451. The summed E-state index contributed by atoms with van der Waals surface area (Å²) in [5, 5.41) is 2.53. The molecule has 1 rings (SSSR count). The summed E-state index contributed by atoms with van der Waals surface area (Å²) in [5.41, 5.74) is 0. The number of hydrogen-bond donors (Lipinski definition) is 0. The third-order valence-electron chi connectivity index (χ3n) is 1.63. The molecule has 0 N–H and O–H groups in total. The third-order valence-corrected chi connectivity index (χ3v) is 2.05. The van der Waals surface area contributed by atoms with Crippen molar-refractivity contribution < 1.29 is 9.13 Å². The first-order valence-electron chi connectivity index (χ1n) is 4.35. The van der Waals surface area contributed by atoms with Crippen molar-refractivity contribution in [1.29, 1.82) is 0 Å². The lowest BCUT2D eigenvalue weighted by atomic mass is 10.3. The first-order valence-corrected chi connectivity index (χ1v) is 5.14. The first kappa shape index (κ1) is 12.1. The molecule has 80 valence electrons. The molecule has 1 aromatic carbocycles. The van der Waals surface area contributed by atoms with E-state index in [4.69, 9.17) is 16.3 Å². The second-order valence-corrected chi connectivity index (χ2v) is 3.34. The molecule has 0 aromatic heterocycles. The van der Waals surface area contributed by atoms with Gasteiger partial charge in [-0.25, -0.2) is 9.38 Å². The Morgan fingerprint density at radius 2 is 2.33 bits per heavy atom. The summed E-state index contributed by atoms with van der Waals surface area (Å²) >= 11 is 10.2. The van der Waals surface area contributed by atoms with E-state index >= 15 is 0 Å². The van der Waals surface area contributed by atoms with Gasteiger partial charge in [0.1, 0.15) is 11.6 Å². The normalized spacial score (nSPS) is 9.47. The molecule has 0 aliphatic carbocycles. The van der Waals surface area contributed by atoms with E-state index in [2.05, 4.69) is 22.4 Å². The van der Waals surface area contributed by atoms with Crippen LogP contribution < -0.4 is 4.74 Å². The number of isothiocyanates is 1. The van der Waals surface area contributed by atoms with Crippen molar-refractivity contribution in [3.63, 3.8) is 0 Å². The monoisotopic (exact) mass is 245 g/mol. The van der Waals surface area contributed by atoms with Crippen LogP contribution in [0.5, 0.6) is 5.75 Å². The lowest BCUT2D eigenvalue weighted by molar-refractivity contribution is 0.313. The fourth-order valence-corrected chi connectivity index (χ4v) is 1.28. The van der Waals surface area contributed by atoms with Crippen LogP contribution in [0.2, 0.25) is 5.02 Å². The van der Waals surface area contributed by atoms with Crippen molar-refractivity contribution >= 4 is 29.0 Å². The molecule has 2 nitrogen and oxygen atoms in total. The maximum absolute atomic E-state index is 12.7. The van der Waals surface area contributed by atoms with Gasteiger partial charge in [0, 0.05) is 6.42 Å². The van der Waals surface area contributed by atoms with E-state index in [0.29, 0.717) is 18.9 Å². The summed E-state index contributed by atoms with van der Waals surface area (Å²) in [6, 6.07) is 4.02. The van der Waals surface area contributed by atoms with Crippen molar-refractivity contribution in [1.82, 2.24) is 0 Å². The number of aliphatic imine (C=N–C) groups is 1. The average molecular weight is 246 g/mol. The number of ether oxygens (including phenoxy) is 1. The van der Waals surface area contributed by atoms with Crippen LogP contribution in [0.25, 0.3) is 0 Å². The van der Waals surface area contributed by atoms with Crippen LogP contribution in [0.1, 0.15) is 6.42 Å². The summed E-state index contributed by atoms with van der Waals surface area (Å²) in [4.78, 5) is 3.73. The predicted molar refractivity (Wildman–Crippen MR) is 61.4 cm³/mol. The van der Waals surface area contributed by atoms with Crippen LogP contribution in [-0.4, -0.2) is 18.3 Å². The Hall–Kier alpha value is -0.960. The Balaban J connectivity index is 2.40. The first-order chi connectivity index (χ1) is 7.24. The van der Waals surface area contributed by atoms with Crippen molar-refractivity contribution in [2.75, 3.05) is 13.2 Å². The van der Waals surface area contributed by atoms with E-state index in [1.807, 2.05) is 0 Å². The largest absolute Gasteiger partial charge is 0.492 e. The number of rotatable bonds is 5. The van der Waals surface area contributed by atoms with Gasteiger partial charge in [0.15, 0.2) is 0 Å². The number of nitrogens with zero attached hydrogens (tertiary/aromatic N) is 1. The highest BCUT2D eigenvalue weighted by atomic mass is 35.5. The van der Waals surface area contributed by atoms with E-state index < -0.39 is 0 Å². The third kappa shape index (κ3) is 4.38.